The second kappa shape index (κ2) is 12.1. The molecule has 230 valence electrons. The molecule has 15 heteroatoms. The first-order valence-corrected chi connectivity index (χ1v) is 13.0. The summed E-state index contributed by atoms with van der Waals surface area (Å²) in [6, 6.07) is 6.79. The molecule has 15 nitrogen and oxygen atoms in total. The number of rotatable bonds is 7. The molecule has 0 saturated carbocycles. The van der Waals surface area contributed by atoms with Crippen LogP contribution in [-0.4, -0.2) is 126 Å². The van der Waals surface area contributed by atoms with Gasteiger partial charge in [0, 0.05) is 12.1 Å². The van der Waals surface area contributed by atoms with Crippen molar-refractivity contribution in [3.05, 3.63) is 47.2 Å². The van der Waals surface area contributed by atoms with E-state index in [4.69, 9.17) is 23.7 Å². The molecule has 3 aliphatic heterocycles. The smallest absolute Gasteiger partial charge is 0.270 e. The van der Waals surface area contributed by atoms with Gasteiger partial charge in [-0.2, -0.15) is 0 Å². The van der Waals surface area contributed by atoms with Crippen molar-refractivity contribution in [3.63, 3.8) is 0 Å². The van der Waals surface area contributed by atoms with E-state index in [1.54, 1.807) is 0 Å². The maximum Gasteiger partial charge on any atom is 0.270 e. The van der Waals surface area contributed by atoms with Crippen molar-refractivity contribution in [2.45, 2.75) is 61.4 Å². The highest BCUT2D eigenvalue weighted by atomic mass is 16.8. The molecule has 2 aromatic rings. The molecular weight excluding hydrogens is 564 g/mol. The average molecular weight is 598 g/mol. The summed E-state index contributed by atoms with van der Waals surface area (Å²) in [7, 11) is 1.35. The monoisotopic (exact) mass is 597 g/mol. The number of methoxy groups -OCH3 is 1. The predicted octanol–water partition coefficient (Wildman–Crippen LogP) is -1.57. The minimum atomic E-state index is -1.76. The standard InChI is InChI=1S/C27H32O15/c1-37-17-4-10(2-3-13(17)30)24-18(7-12-14(31)5-11(29)6-16(12)39-24)40-27-25(22(35)21(34)19(8-28)41-27)42-26-23(36)20(33)15(32)9-38-26/h2-7,15,19-36H,8-9H2,1H3/p+1/t15-,19+,20-,21+,22+,23-,24?,25+,26+,27-/m1/s1. The third-order valence-electron chi connectivity index (χ3n) is 7.29. The molecular formula is C27H33O15+. The van der Waals surface area contributed by atoms with E-state index in [-0.39, 0.29) is 40.1 Å². The van der Waals surface area contributed by atoms with Crippen LogP contribution in [0.15, 0.2) is 36.1 Å². The Labute approximate surface area is 238 Å². The third-order valence-corrected chi connectivity index (χ3v) is 7.29. The van der Waals surface area contributed by atoms with Crippen molar-refractivity contribution in [1.29, 1.82) is 0 Å². The number of aliphatic hydroxyl groups is 7. The van der Waals surface area contributed by atoms with Crippen molar-refractivity contribution < 1.29 is 74.4 Å². The number of phenolic OH excluding ortho intramolecular Hbond substituents is 3. The van der Waals surface area contributed by atoms with E-state index in [0.717, 1.165) is 6.07 Å². The number of hydrogen-bond acceptors (Lipinski definition) is 14. The number of aromatic hydroxyl groups is 4. The van der Waals surface area contributed by atoms with E-state index < -0.39 is 74.6 Å². The normalized spacial score (nSPS) is 34.6. The molecule has 42 heavy (non-hydrogen) atoms. The topological polar surface area (TPSA) is 241 Å². The van der Waals surface area contributed by atoms with E-state index >= 15 is 0 Å². The molecule has 0 bridgehead atoms. The Kier molecular flexibility index (Phi) is 8.66. The van der Waals surface area contributed by atoms with Crippen LogP contribution in [0.4, 0.5) is 0 Å². The summed E-state index contributed by atoms with van der Waals surface area (Å²) in [4.78, 5) is 0. The number of hydrogen-bond donors (Lipinski definition) is 9. The van der Waals surface area contributed by atoms with Crippen LogP contribution < -0.4 is 4.74 Å². The summed E-state index contributed by atoms with van der Waals surface area (Å²) in [5.74, 6) is -0.404. The molecule has 0 aliphatic carbocycles. The van der Waals surface area contributed by atoms with Gasteiger partial charge in [0.2, 0.25) is 6.29 Å². The predicted molar refractivity (Wildman–Crippen MR) is 138 cm³/mol. The van der Waals surface area contributed by atoms with Gasteiger partial charge in [-0.3, -0.25) is 0 Å². The van der Waals surface area contributed by atoms with Gasteiger partial charge in [0.15, 0.2) is 29.7 Å². The fraction of sp³-hybridized carbons (Fsp3) is 0.481. The Morgan fingerprint density at radius 1 is 0.905 bits per heavy atom. The summed E-state index contributed by atoms with van der Waals surface area (Å²) >= 11 is 0. The van der Waals surface area contributed by atoms with Gasteiger partial charge in [0.05, 0.1) is 32.0 Å². The zero-order valence-electron chi connectivity index (χ0n) is 22.2. The second-order valence-corrected chi connectivity index (χ2v) is 10.1. The molecule has 2 aromatic carbocycles. The molecule has 3 heterocycles. The Balaban J connectivity index is 1.52. The largest absolute Gasteiger partial charge is 0.571 e. The molecule has 3 aliphatic rings. The van der Waals surface area contributed by atoms with Gasteiger partial charge in [0.25, 0.3) is 11.9 Å². The minimum Gasteiger partial charge on any atom is -0.571 e. The molecule has 0 amide bonds. The number of aliphatic hydroxyl groups excluding tert-OH is 6. The Hall–Kier alpha value is -3.38. The zero-order valence-corrected chi connectivity index (χ0v) is 22.2. The van der Waals surface area contributed by atoms with Crippen LogP contribution in [0.5, 0.6) is 28.7 Å². The minimum absolute atomic E-state index is 0.00989. The number of benzene rings is 2. The third kappa shape index (κ3) is 5.66. The maximum atomic E-state index is 10.9. The highest BCUT2D eigenvalue weighted by Crippen LogP contribution is 2.46. The highest BCUT2D eigenvalue weighted by Gasteiger charge is 2.51. The van der Waals surface area contributed by atoms with Gasteiger partial charge >= 0.3 is 0 Å². The number of phenols is 3. The summed E-state index contributed by atoms with van der Waals surface area (Å²) in [5.41, 5.74) is 0.598. The van der Waals surface area contributed by atoms with Gasteiger partial charge < -0.3 is 74.4 Å². The van der Waals surface area contributed by atoms with Gasteiger partial charge in [-0.05, 0) is 18.2 Å². The van der Waals surface area contributed by atoms with Crippen LogP contribution >= 0.6 is 0 Å². The van der Waals surface area contributed by atoms with Crippen LogP contribution in [0.25, 0.3) is 6.08 Å². The van der Waals surface area contributed by atoms with E-state index in [9.17, 15) is 46.0 Å². The summed E-state index contributed by atoms with van der Waals surface area (Å²) in [6.07, 6.45) is -13.9. The molecule has 1 unspecified atom stereocenters. The van der Waals surface area contributed by atoms with Crippen LogP contribution in [0.1, 0.15) is 17.2 Å². The van der Waals surface area contributed by atoms with Crippen molar-refractivity contribution in [2.75, 3.05) is 20.3 Å². The van der Waals surface area contributed by atoms with Crippen LogP contribution in [0.2, 0.25) is 0 Å². The summed E-state index contributed by atoms with van der Waals surface area (Å²) in [6.45, 7) is -1.12. The second-order valence-electron chi connectivity index (χ2n) is 10.1. The van der Waals surface area contributed by atoms with E-state index in [2.05, 4.69) is 4.74 Å². The van der Waals surface area contributed by atoms with Gasteiger partial charge in [-0.1, -0.05) is 0 Å². The lowest BCUT2D eigenvalue weighted by molar-refractivity contribution is -0.353. The Morgan fingerprint density at radius 2 is 1.67 bits per heavy atom. The van der Waals surface area contributed by atoms with Crippen LogP contribution in [0, 0.1) is 0 Å². The van der Waals surface area contributed by atoms with Crippen LogP contribution in [0.3, 0.4) is 0 Å². The first-order chi connectivity index (χ1) is 20.0. The van der Waals surface area contributed by atoms with Crippen molar-refractivity contribution >= 4 is 6.08 Å². The molecule has 10 N–H and O–H groups in total. The quantitative estimate of drug-likeness (QED) is 0.164. The van der Waals surface area contributed by atoms with Crippen LogP contribution in [-0.2, 0) is 18.9 Å². The lowest BCUT2D eigenvalue weighted by atomic mass is 9.98. The molecule has 10 atom stereocenters. The molecule has 5 rings (SSSR count). The fourth-order valence-corrected chi connectivity index (χ4v) is 4.97. The number of ether oxygens (including phenoxy) is 6. The summed E-state index contributed by atoms with van der Waals surface area (Å²) < 4.78 is 32.7. The molecule has 0 spiro atoms. The molecule has 0 radical (unpaired) electrons. The molecule has 0 aromatic heterocycles. The molecule has 2 fully saturated rings. The van der Waals surface area contributed by atoms with E-state index in [0.29, 0.717) is 5.56 Å². The highest BCUT2D eigenvalue weighted by molar-refractivity contribution is 5.69. The summed E-state index contributed by atoms with van der Waals surface area (Å²) in [5, 5.41) is 92.1. The number of fused-ring (bicyclic) bond motifs is 1. The lowest BCUT2D eigenvalue weighted by Crippen LogP contribution is -2.63. The Bertz CT molecular complexity index is 1300. The Morgan fingerprint density at radius 3 is 2.38 bits per heavy atom. The maximum absolute atomic E-state index is 10.9. The lowest BCUT2D eigenvalue weighted by Gasteiger charge is -2.45. The first-order valence-electron chi connectivity index (χ1n) is 13.0. The fourth-order valence-electron chi connectivity index (χ4n) is 4.97. The van der Waals surface area contributed by atoms with E-state index in [1.807, 2.05) is 0 Å². The first kappa shape index (κ1) is 30.1. The van der Waals surface area contributed by atoms with Gasteiger partial charge in [0.1, 0.15) is 53.7 Å². The zero-order chi connectivity index (χ0) is 30.3. The van der Waals surface area contributed by atoms with Gasteiger partial charge in [-0.15, -0.1) is 0 Å². The molecule has 2 saturated heterocycles. The van der Waals surface area contributed by atoms with Crippen molar-refractivity contribution in [3.8, 4) is 28.7 Å². The SMILES string of the molecule is COc1cc(C2[OH+]c3cc(O)cc(O)c3C=C2O[C@@H]2O[C@@H](CO)[C@H](O)[C@H](O)[C@@H]2O[C@@H]2OC[C@@H](O)[C@@H](O)[C@H]2O)ccc1O. The van der Waals surface area contributed by atoms with Gasteiger partial charge in [-0.25, -0.2) is 0 Å². The van der Waals surface area contributed by atoms with Crippen molar-refractivity contribution in [2.24, 2.45) is 0 Å². The van der Waals surface area contributed by atoms with Crippen molar-refractivity contribution in [1.82, 2.24) is 0 Å². The van der Waals surface area contributed by atoms with E-state index in [1.165, 1.54) is 37.5 Å². The average Bonchev–Trinajstić information content (AvgIpc) is 2.97.